The normalized spacial score (nSPS) is 11.2. The van der Waals surface area contributed by atoms with Gasteiger partial charge in [0.05, 0.1) is 26.5 Å². The summed E-state index contributed by atoms with van der Waals surface area (Å²) in [7, 11) is -2.51. The molecule has 9 nitrogen and oxygen atoms in total. The Kier molecular flexibility index (Phi) is 8.69. The summed E-state index contributed by atoms with van der Waals surface area (Å²) in [6.07, 6.45) is 1.41. The molecule has 3 aromatic rings. The van der Waals surface area contributed by atoms with Crippen molar-refractivity contribution >= 4 is 22.2 Å². The third kappa shape index (κ3) is 6.73. The highest BCUT2D eigenvalue weighted by molar-refractivity contribution is 7.87. The number of nitrogens with one attached hydrogen (secondary N) is 1. The minimum absolute atomic E-state index is 0.0295. The highest BCUT2D eigenvalue weighted by atomic mass is 32.2. The zero-order chi connectivity index (χ0) is 25.3. The number of rotatable bonds is 11. The van der Waals surface area contributed by atoms with Gasteiger partial charge in [0.15, 0.2) is 23.0 Å². The van der Waals surface area contributed by atoms with Crippen molar-refractivity contribution in [1.82, 2.24) is 5.43 Å². The summed E-state index contributed by atoms with van der Waals surface area (Å²) < 4.78 is 46.7. The average Bonchev–Trinajstić information content (AvgIpc) is 2.86. The average molecular weight is 499 g/mol. The van der Waals surface area contributed by atoms with Crippen LogP contribution in [0.2, 0.25) is 0 Å². The van der Waals surface area contributed by atoms with Gasteiger partial charge in [-0.2, -0.15) is 13.5 Å². The molecule has 35 heavy (non-hydrogen) atoms. The minimum atomic E-state index is -4.03. The first-order valence-electron chi connectivity index (χ1n) is 10.8. The molecule has 0 bridgehead atoms. The molecule has 0 fully saturated rings. The molecule has 0 unspecified atom stereocenters. The Morgan fingerprint density at radius 1 is 0.886 bits per heavy atom. The Balaban J connectivity index is 1.74. The molecular formula is C25H26N2O7S. The number of hydrogen-bond donors (Lipinski definition) is 1. The number of ether oxygens (including phenoxy) is 3. The summed E-state index contributed by atoms with van der Waals surface area (Å²) in [5, 5.41) is 3.98. The van der Waals surface area contributed by atoms with Crippen LogP contribution in [0.4, 0.5) is 0 Å². The molecule has 10 heteroatoms. The van der Waals surface area contributed by atoms with Crippen LogP contribution in [0.1, 0.15) is 29.8 Å². The van der Waals surface area contributed by atoms with E-state index in [1.807, 2.05) is 6.92 Å². The third-order valence-corrected chi connectivity index (χ3v) is 5.85. The second kappa shape index (κ2) is 11.9. The lowest BCUT2D eigenvalue weighted by molar-refractivity contribution is 0.0954. The molecule has 184 valence electrons. The van der Waals surface area contributed by atoms with Gasteiger partial charge in [0.1, 0.15) is 4.90 Å². The highest BCUT2D eigenvalue weighted by Gasteiger charge is 2.19. The molecule has 0 spiro atoms. The number of carbonyl (C=O) groups excluding carboxylic acids is 1. The fourth-order valence-electron chi connectivity index (χ4n) is 3.01. The van der Waals surface area contributed by atoms with E-state index in [4.69, 9.17) is 18.4 Å². The summed E-state index contributed by atoms with van der Waals surface area (Å²) in [6.45, 7) is 4.31. The number of carbonyl (C=O) groups is 1. The first-order valence-corrected chi connectivity index (χ1v) is 12.2. The van der Waals surface area contributed by atoms with E-state index in [1.54, 1.807) is 55.5 Å². The Morgan fingerprint density at radius 3 is 2.20 bits per heavy atom. The van der Waals surface area contributed by atoms with Crippen molar-refractivity contribution in [3.8, 4) is 23.0 Å². The fourth-order valence-corrected chi connectivity index (χ4v) is 3.97. The Morgan fingerprint density at radius 2 is 1.54 bits per heavy atom. The van der Waals surface area contributed by atoms with E-state index in [-0.39, 0.29) is 16.4 Å². The SMILES string of the molecule is CCOc1cc(C(=O)N/N=C/c2ccc(OS(=O)(=O)c3ccccc3)c(OCC)c2)ccc1OC. The molecule has 0 atom stereocenters. The molecule has 0 saturated carbocycles. The lowest BCUT2D eigenvalue weighted by Crippen LogP contribution is -2.17. The monoisotopic (exact) mass is 498 g/mol. The molecule has 0 aromatic heterocycles. The van der Waals surface area contributed by atoms with Gasteiger partial charge in [-0.05, 0) is 67.9 Å². The van der Waals surface area contributed by atoms with Crippen molar-refractivity contribution in [3.05, 3.63) is 77.9 Å². The second-order valence-electron chi connectivity index (χ2n) is 6.99. The van der Waals surface area contributed by atoms with Crippen LogP contribution in [-0.2, 0) is 10.1 Å². The van der Waals surface area contributed by atoms with E-state index in [2.05, 4.69) is 10.5 Å². The largest absolute Gasteiger partial charge is 0.493 e. The maximum Gasteiger partial charge on any atom is 0.339 e. The number of benzene rings is 3. The predicted octanol–water partition coefficient (Wildman–Crippen LogP) is 4.02. The van der Waals surface area contributed by atoms with Gasteiger partial charge in [0.2, 0.25) is 0 Å². The van der Waals surface area contributed by atoms with Crippen molar-refractivity contribution in [3.63, 3.8) is 0 Å². The molecule has 0 saturated heterocycles. The van der Waals surface area contributed by atoms with Crippen LogP contribution in [0.5, 0.6) is 23.0 Å². The van der Waals surface area contributed by atoms with Gasteiger partial charge in [-0.3, -0.25) is 4.79 Å². The zero-order valence-corrected chi connectivity index (χ0v) is 20.4. The van der Waals surface area contributed by atoms with Crippen LogP contribution < -0.4 is 23.8 Å². The van der Waals surface area contributed by atoms with E-state index in [1.165, 1.54) is 31.5 Å². The van der Waals surface area contributed by atoms with Gasteiger partial charge in [-0.1, -0.05) is 18.2 Å². The van der Waals surface area contributed by atoms with E-state index in [0.717, 1.165) is 0 Å². The molecule has 0 aliphatic heterocycles. The van der Waals surface area contributed by atoms with E-state index >= 15 is 0 Å². The standard InChI is InChI=1S/C25H26N2O7S/c1-4-32-23-15-18(11-13-22(23)34-35(29,30)20-9-7-6-8-10-20)17-26-27-25(28)19-12-14-21(31-3)24(16-19)33-5-2/h6-17H,4-5H2,1-3H3,(H,27,28)/b26-17+. The number of hydrazone groups is 1. The maximum absolute atomic E-state index is 12.6. The second-order valence-corrected chi connectivity index (χ2v) is 8.53. The predicted molar refractivity (Wildman–Crippen MR) is 131 cm³/mol. The molecule has 1 amide bonds. The topological polar surface area (TPSA) is 113 Å². The fraction of sp³-hybridized carbons (Fsp3) is 0.200. The van der Waals surface area contributed by atoms with Crippen LogP contribution >= 0.6 is 0 Å². The summed E-state index contributed by atoms with van der Waals surface area (Å²) >= 11 is 0. The first kappa shape index (κ1) is 25.6. The van der Waals surface area contributed by atoms with Crippen LogP contribution in [0.3, 0.4) is 0 Å². The molecule has 3 rings (SSSR count). The molecule has 1 N–H and O–H groups in total. The summed E-state index contributed by atoms with van der Waals surface area (Å²) in [6, 6.07) is 17.2. The molecular weight excluding hydrogens is 472 g/mol. The summed E-state index contributed by atoms with van der Waals surface area (Å²) in [5.74, 6) is 0.794. The Labute approximate surface area is 204 Å². The first-order chi connectivity index (χ1) is 16.9. The van der Waals surface area contributed by atoms with Gasteiger partial charge >= 0.3 is 10.1 Å². The minimum Gasteiger partial charge on any atom is -0.493 e. The summed E-state index contributed by atoms with van der Waals surface area (Å²) in [5.41, 5.74) is 3.35. The van der Waals surface area contributed by atoms with Gasteiger partial charge in [-0.15, -0.1) is 0 Å². The third-order valence-electron chi connectivity index (χ3n) is 4.60. The van der Waals surface area contributed by atoms with Crippen LogP contribution in [0.25, 0.3) is 0 Å². The van der Waals surface area contributed by atoms with E-state index in [9.17, 15) is 13.2 Å². The molecule has 3 aromatic carbocycles. The maximum atomic E-state index is 12.6. The van der Waals surface area contributed by atoms with E-state index in [0.29, 0.717) is 35.8 Å². The van der Waals surface area contributed by atoms with Gasteiger partial charge in [-0.25, -0.2) is 5.43 Å². The molecule has 0 heterocycles. The number of hydrogen-bond acceptors (Lipinski definition) is 8. The Bertz CT molecular complexity index is 1290. The van der Waals surface area contributed by atoms with Crippen molar-refractivity contribution in [2.24, 2.45) is 5.10 Å². The van der Waals surface area contributed by atoms with Crippen molar-refractivity contribution < 1.29 is 31.6 Å². The lowest BCUT2D eigenvalue weighted by atomic mass is 10.2. The lowest BCUT2D eigenvalue weighted by Gasteiger charge is -2.12. The molecule has 0 aliphatic carbocycles. The number of amides is 1. The highest BCUT2D eigenvalue weighted by Crippen LogP contribution is 2.31. The van der Waals surface area contributed by atoms with Gasteiger partial charge in [0, 0.05) is 5.56 Å². The summed E-state index contributed by atoms with van der Waals surface area (Å²) in [4.78, 5) is 12.5. The number of methoxy groups -OCH3 is 1. The van der Waals surface area contributed by atoms with Gasteiger partial charge < -0.3 is 18.4 Å². The van der Waals surface area contributed by atoms with Crippen molar-refractivity contribution in [2.45, 2.75) is 18.7 Å². The van der Waals surface area contributed by atoms with Crippen LogP contribution in [0.15, 0.2) is 76.7 Å². The van der Waals surface area contributed by atoms with Crippen LogP contribution in [0, 0.1) is 0 Å². The molecule has 0 aliphatic rings. The van der Waals surface area contributed by atoms with E-state index < -0.39 is 16.0 Å². The van der Waals surface area contributed by atoms with Crippen molar-refractivity contribution in [1.29, 1.82) is 0 Å². The number of nitrogens with zero attached hydrogens (tertiary/aromatic N) is 1. The smallest absolute Gasteiger partial charge is 0.339 e. The Hall–Kier alpha value is -4.05. The zero-order valence-electron chi connectivity index (χ0n) is 19.6. The molecule has 0 radical (unpaired) electrons. The quantitative estimate of drug-likeness (QED) is 0.241. The van der Waals surface area contributed by atoms with Crippen molar-refractivity contribution in [2.75, 3.05) is 20.3 Å². The van der Waals surface area contributed by atoms with Gasteiger partial charge in [0.25, 0.3) is 5.91 Å². The van der Waals surface area contributed by atoms with Crippen LogP contribution in [-0.4, -0.2) is 40.9 Å².